The third-order valence-corrected chi connectivity index (χ3v) is 4.97. The van der Waals surface area contributed by atoms with E-state index in [1.807, 2.05) is 18.7 Å². The van der Waals surface area contributed by atoms with E-state index in [4.69, 9.17) is 11.6 Å². The fourth-order valence-corrected chi connectivity index (χ4v) is 3.61. The Labute approximate surface area is 128 Å². The molecule has 2 rings (SSSR count). The molecule has 1 aliphatic carbocycles. The number of rotatable bonds is 7. The Hall–Kier alpha value is -0.540. The van der Waals surface area contributed by atoms with Gasteiger partial charge in [-0.2, -0.15) is 5.10 Å². The van der Waals surface area contributed by atoms with Crippen molar-refractivity contribution in [2.45, 2.75) is 64.8 Å². The highest BCUT2D eigenvalue weighted by Crippen LogP contribution is 2.30. The van der Waals surface area contributed by atoms with Crippen LogP contribution in [-0.4, -0.2) is 22.4 Å². The molecule has 1 saturated carbocycles. The van der Waals surface area contributed by atoms with E-state index in [2.05, 4.69) is 17.3 Å². The Kier molecular flexibility index (Phi) is 5.91. The minimum atomic E-state index is 0.533. The maximum Gasteiger partial charge on any atom is 0.0847 e. The third kappa shape index (κ3) is 3.98. The summed E-state index contributed by atoms with van der Waals surface area (Å²) in [4.78, 5) is 0. The fraction of sp³-hybridized carbons (Fsp3) is 0.812. The first kappa shape index (κ1) is 15.8. The summed E-state index contributed by atoms with van der Waals surface area (Å²) in [5, 5.41) is 8.99. The van der Waals surface area contributed by atoms with Gasteiger partial charge in [0, 0.05) is 19.5 Å². The number of nitrogens with one attached hydrogen (secondary N) is 1. The van der Waals surface area contributed by atoms with E-state index < -0.39 is 0 Å². The number of aromatic nitrogens is 2. The summed E-state index contributed by atoms with van der Waals surface area (Å²) in [6.45, 7) is 5.30. The third-order valence-electron chi connectivity index (χ3n) is 4.48. The molecule has 1 aromatic heterocycles. The van der Waals surface area contributed by atoms with Crippen molar-refractivity contribution in [1.29, 1.82) is 0 Å². The molecule has 4 heteroatoms. The van der Waals surface area contributed by atoms with Crippen LogP contribution >= 0.6 is 11.6 Å². The molecule has 1 fully saturated rings. The molecular formula is C16H28ClN3. The van der Waals surface area contributed by atoms with Crippen LogP contribution in [0.3, 0.4) is 0 Å². The summed E-state index contributed by atoms with van der Waals surface area (Å²) in [5.41, 5.74) is 2.12. The van der Waals surface area contributed by atoms with Gasteiger partial charge >= 0.3 is 0 Å². The summed E-state index contributed by atoms with van der Waals surface area (Å²) < 4.78 is 1.95. The first-order valence-corrected chi connectivity index (χ1v) is 8.41. The lowest BCUT2D eigenvalue weighted by Crippen LogP contribution is -2.34. The highest BCUT2D eigenvalue weighted by Gasteiger charge is 2.22. The molecule has 1 unspecified atom stereocenters. The molecule has 20 heavy (non-hydrogen) atoms. The lowest BCUT2D eigenvalue weighted by Gasteiger charge is -2.22. The van der Waals surface area contributed by atoms with Gasteiger partial charge in [0.2, 0.25) is 0 Å². The van der Waals surface area contributed by atoms with Gasteiger partial charge in [0.1, 0.15) is 0 Å². The van der Waals surface area contributed by atoms with Gasteiger partial charge in [-0.15, -0.1) is 0 Å². The monoisotopic (exact) mass is 297 g/mol. The molecule has 114 valence electrons. The number of aryl methyl sites for hydroxylation is 2. The molecule has 0 amide bonds. The number of halogens is 1. The standard InChI is InChI=1S/C16H28ClN3/c1-4-9-18-14(10-13-7-5-6-8-13)11-15-16(17)12(2)19-20(15)3/h13-14,18H,4-11H2,1-3H3. The van der Waals surface area contributed by atoms with Crippen molar-refractivity contribution in [1.82, 2.24) is 15.1 Å². The predicted octanol–water partition coefficient (Wildman–Crippen LogP) is 3.87. The van der Waals surface area contributed by atoms with Crippen LogP contribution in [0.25, 0.3) is 0 Å². The van der Waals surface area contributed by atoms with Gasteiger partial charge in [-0.05, 0) is 32.2 Å². The molecule has 1 aliphatic rings. The van der Waals surface area contributed by atoms with E-state index in [1.165, 1.54) is 44.2 Å². The zero-order valence-corrected chi connectivity index (χ0v) is 13.8. The molecule has 1 aromatic rings. The zero-order valence-electron chi connectivity index (χ0n) is 13.1. The van der Waals surface area contributed by atoms with Crippen LogP contribution in [0, 0.1) is 12.8 Å². The Morgan fingerprint density at radius 3 is 2.65 bits per heavy atom. The van der Waals surface area contributed by atoms with Crippen LogP contribution in [0.4, 0.5) is 0 Å². The smallest absolute Gasteiger partial charge is 0.0847 e. The molecule has 1 heterocycles. The zero-order chi connectivity index (χ0) is 14.5. The van der Waals surface area contributed by atoms with Crippen molar-refractivity contribution in [3.8, 4) is 0 Å². The Balaban J connectivity index is 2.01. The average Bonchev–Trinajstić information content (AvgIpc) is 3.00. The molecule has 0 aromatic carbocycles. The second-order valence-electron chi connectivity index (χ2n) is 6.21. The molecular weight excluding hydrogens is 270 g/mol. The minimum Gasteiger partial charge on any atom is -0.314 e. The molecule has 3 nitrogen and oxygen atoms in total. The lowest BCUT2D eigenvalue weighted by molar-refractivity contribution is 0.380. The Morgan fingerprint density at radius 1 is 1.40 bits per heavy atom. The molecule has 1 N–H and O–H groups in total. The molecule has 0 spiro atoms. The van der Waals surface area contributed by atoms with Crippen molar-refractivity contribution in [3.05, 3.63) is 16.4 Å². The summed E-state index contributed by atoms with van der Waals surface area (Å²) in [5.74, 6) is 0.900. The maximum atomic E-state index is 6.40. The van der Waals surface area contributed by atoms with E-state index in [-0.39, 0.29) is 0 Å². The highest BCUT2D eigenvalue weighted by atomic mass is 35.5. The van der Waals surface area contributed by atoms with Crippen LogP contribution in [-0.2, 0) is 13.5 Å². The van der Waals surface area contributed by atoms with E-state index in [9.17, 15) is 0 Å². The van der Waals surface area contributed by atoms with Gasteiger partial charge in [0.05, 0.1) is 16.4 Å². The summed E-state index contributed by atoms with van der Waals surface area (Å²) in [6.07, 6.45) is 9.09. The van der Waals surface area contributed by atoms with Crippen molar-refractivity contribution < 1.29 is 0 Å². The van der Waals surface area contributed by atoms with Gasteiger partial charge in [0.25, 0.3) is 0 Å². The first-order chi connectivity index (χ1) is 9.61. The fourth-order valence-electron chi connectivity index (χ4n) is 3.37. The maximum absolute atomic E-state index is 6.40. The topological polar surface area (TPSA) is 29.9 Å². The Bertz CT molecular complexity index is 422. The van der Waals surface area contributed by atoms with Gasteiger partial charge in [0.15, 0.2) is 0 Å². The van der Waals surface area contributed by atoms with Crippen LogP contribution in [0.2, 0.25) is 5.02 Å². The SMILES string of the molecule is CCCNC(Cc1c(Cl)c(C)nn1C)CC1CCCC1. The van der Waals surface area contributed by atoms with Crippen molar-refractivity contribution in [2.24, 2.45) is 13.0 Å². The highest BCUT2D eigenvalue weighted by molar-refractivity contribution is 6.31. The number of nitrogens with zero attached hydrogens (tertiary/aromatic N) is 2. The minimum absolute atomic E-state index is 0.533. The van der Waals surface area contributed by atoms with Gasteiger partial charge in [-0.3, -0.25) is 4.68 Å². The molecule has 0 bridgehead atoms. The van der Waals surface area contributed by atoms with Crippen LogP contribution in [0.15, 0.2) is 0 Å². The van der Waals surface area contributed by atoms with Gasteiger partial charge in [-0.1, -0.05) is 44.2 Å². The lowest BCUT2D eigenvalue weighted by atomic mass is 9.95. The summed E-state index contributed by atoms with van der Waals surface area (Å²) in [7, 11) is 2.00. The quantitative estimate of drug-likeness (QED) is 0.828. The second-order valence-corrected chi connectivity index (χ2v) is 6.59. The normalized spacial score (nSPS) is 17.8. The number of hydrogen-bond donors (Lipinski definition) is 1. The molecule has 0 saturated heterocycles. The van der Waals surface area contributed by atoms with Crippen molar-refractivity contribution >= 4 is 11.6 Å². The van der Waals surface area contributed by atoms with Crippen molar-refractivity contribution in [3.63, 3.8) is 0 Å². The largest absolute Gasteiger partial charge is 0.314 e. The average molecular weight is 298 g/mol. The van der Waals surface area contributed by atoms with Gasteiger partial charge < -0.3 is 5.32 Å². The molecule has 0 aliphatic heterocycles. The summed E-state index contributed by atoms with van der Waals surface area (Å²) in [6, 6.07) is 0.533. The van der Waals surface area contributed by atoms with Crippen LogP contribution in [0.5, 0.6) is 0 Å². The molecule has 0 radical (unpaired) electrons. The van der Waals surface area contributed by atoms with Crippen LogP contribution < -0.4 is 5.32 Å². The first-order valence-electron chi connectivity index (χ1n) is 8.03. The molecule has 1 atom stereocenters. The summed E-state index contributed by atoms with van der Waals surface area (Å²) >= 11 is 6.40. The predicted molar refractivity (Wildman–Crippen MR) is 85.3 cm³/mol. The van der Waals surface area contributed by atoms with Crippen molar-refractivity contribution in [2.75, 3.05) is 6.54 Å². The second kappa shape index (κ2) is 7.46. The van der Waals surface area contributed by atoms with Crippen LogP contribution in [0.1, 0.15) is 56.8 Å². The van der Waals surface area contributed by atoms with E-state index >= 15 is 0 Å². The van der Waals surface area contributed by atoms with E-state index in [0.717, 1.165) is 29.6 Å². The van der Waals surface area contributed by atoms with Gasteiger partial charge in [-0.25, -0.2) is 0 Å². The van der Waals surface area contributed by atoms with E-state index in [0.29, 0.717) is 6.04 Å². The van der Waals surface area contributed by atoms with E-state index in [1.54, 1.807) is 0 Å². The number of hydrogen-bond acceptors (Lipinski definition) is 2. The Morgan fingerprint density at radius 2 is 2.10 bits per heavy atom.